The van der Waals surface area contributed by atoms with Gasteiger partial charge in [0.15, 0.2) is 10.9 Å². The van der Waals surface area contributed by atoms with Crippen molar-refractivity contribution in [3.8, 4) is 0 Å². The Morgan fingerprint density at radius 2 is 1.18 bits per heavy atom. The first kappa shape index (κ1) is 71.8. The Morgan fingerprint density at radius 1 is 0.663 bits per heavy atom. The van der Waals surface area contributed by atoms with Crippen molar-refractivity contribution in [2.24, 2.45) is 20.5 Å². The summed E-state index contributed by atoms with van der Waals surface area (Å²) >= 11 is 2.96. The summed E-state index contributed by atoms with van der Waals surface area (Å²) in [5.74, 6) is -3.45. The Morgan fingerprint density at radius 3 is 1.70 bits per heavy atom. The second-order valence-corrected chi connectivity index (χ2v) is 29.1. The van der Waals surface area contributed by atoms with Crippen molar-refractivity contribution in [2.75, 3.05) is 126 Å². The molecule has 7 aromatic rings. The Bertz CT molecular complexity index is 4700. The Labute approximate surface area is 575 Å². The van der Waals surface area contributed by atoms with Gasteiger partial charge in [-0.1, -0.05) is 58.7 Å². The van der Waals surface area contributed by atoms with Crippen LogP contribution in [0.2, 0.25) is 0 Å². The highest BCUT2D eigenvalue weighted by Crippen LogP contribution is 2.45. The molecule has 0 saturated carbocycles. The van der Waals surface area contributed by atoms with Crippen LogP contribution in [0, 0.1) is 0 Å². The van der Waals surface area contributed by atoms with Crippen molar-refractivity contribution >= 4 is 180 Å². The predicted molar refractivity (Wildman–Crippen MR) is 373 cm³/mol. The van der Waals surface area contributed by atoms with Gasteiger partial charge >= 0.3 is 5.91 Å². The summed E-state index contributed by atoms with van der Waals surface area (Å²) in [7, 11) is -14.0. The van der Waals surface area contributed by atoms with E-state index in [0.29, 0.717) is 85.2 Å². The van der Waals surface area contributed by atoms with Gasteiger partial charge in [-0.15, -0.1) is 20.5 Å². The molecular weight excluding hydrogens is 1390 g/mol. The predicted octanol–water partition coefficient (Wildman–Crippen LogP) is 9.62. The number of anilines is 9. The number of rotatable bonds is 27. The number of fused-ring (bicyclic) bond motifs is 2. The van der Waals surface area contributed by atoms with Gasteiger partial charge in [0.2, 0.25) is 22.2 Å². The molecule has 0 aliphatic carbocycles. The van der Waals surface area contributed by atoms with Crippen molar-refractivity contribution in [3.63, 3.8) is 0 Å². The number of quaternary nitrogens is 1. The lowest BCUT2D eigenvalue weighted by molar-refractivity contribution is -0.132. The fourth-order valence-corrected chi connectivity index (χ4v) is 15.3. The van der Waals surface area contributed by atoms with Crippen molar-refractivity contribution in [1.82, 2.24) is 29.4 Å². The number of amides is 3. The zero-order valence-electron chi connectivity index (χ0n) is 53.1. The van der Waals surface area contributed by atoms with E-state index in [9.17, 15) is 58.1 Å². The largest absolute Gasteiger partial charge is 0.378 e. The number of para-hydroxylation sites is 2. The molecule has 516 valence electrons. The van der Waals surface area contributed by atoms with Crippen molar-refractivity contribution in [1.29, 1.82) is 0 Å². The van der Waals surface area contributed by atoms with Gasteiger partial charge in [0, 0.05) is 56.4 Å². The summed E-state index contributed by atoms with van der Waals surface area (Å²) in [5, 5.41) is 30.1. The molecule has 1 spiro atoms. The van der Waals surface area contributed by atoms with Crippen LogP contribution in [0.15, 0.2) is 131 Å². The van der Waals surface area contributed by atoms with Gasteiger partial charge in [-0.3, -0.25) is 28.0 Å². The number of thioether (sulfide) groups is 1. The average Bonchev–Trinajstić information content (AvgIpc) is 1.44. The molecule has 32 nitrogen and oxygen atoms in total. The number of carbonyl (C=O) groups excluding carboxylic acids is 4. The van der Waals surface area contributed by atoms with E-state index in [-0.39, 0.29) is 93.3 Å². The number of morpholine rings is 2. The van der Waals surface area contributed by atoms with Gasteiger partial charge in [0.05, 0.1) is 65.4 Å². The van der Waals surface area contributed by atoms with Crippen LogP contribution in [0.5, 0.6) is 0 Å². The lowest BCUT2D eigenvalue weighted by Gasteiger charge is -2.38. The molecule has 6 heterocycles. The SMILES string of the molecule is CCN(CC)c1ccc(N=Nc2nc3c(s2)C=C(C(=O)Nc2ccccc2S(=O)(=O)O)C(=O)[N+]32CCOCC2)c(Nc2nc(Nc3cc(N(CC)CC)ccc3N=Nc3nc(N4CCOCC4)c(/C=C(/C(C)=O)C(=O)Nc4ccccc4S(=O)(=O)O)s3)nc(SCCS(=O)(=O)O)n2)c1. The number of nitrogens with one attached hydrogen (secondary N) is 4. The standard InChI is InChI=1S/C60H65N17O15S6/c1-6-74(7-2)37-18-20-41(70-72-59-65-51(76-22-26-91-27-23-76)47(94-59)34-39(36(5)78)53(79)61-43-14-10-12-16-49(43)97(85,86)87)45(32-37)63-56-67-57(69-58(68-56)93-30-31-96(82,83)84)64-46-33-38(75(8-3)9-4)19-21-42(46)71-73-60-66-52-48(95-60)35-40(55(81)77(52)24-28-92-29-25-77)54(80)62-44-15-11-13-17-50(44)98(88,89)90/h10-21,32-35H,6-9,22-31H2,1-5H3,(H6-,61,62,63,64,65,66,67,68,69,72,73,78,79,80,81,82,83,84,85,86,87,88,89,90)/p+1. The molecule has 3 amide bonds. The number of thiazole rings is 2. The number of aromatic nitrogens is 5. The first-order chi connectivity index (χ1) is 46.8. The van der Waals surface area contributed by atoms with Gasteiger partial charge in [0.25, 0.3) is 48.0 Å². The summed E-state index contributed by atoms with van der Waals surface area (Å²) in [5.41, 5.74) is 1.52. The topological polar surface area (TPSA) is 422 Å². The molecule has 0 radical (unpaired) electrons. The van der Waals surface area contributed by atoms with Crippen LogP contribution in [0.25, 0.3) is 12.2 Å². The molecule has 0 atom stereocenters. The first-order valence-corrected chi connectivity index (χ1v) is 37.4. The van der Waals surface area contributed by atoms with Crippen LogP contribution in [0.4, 0.5) is 79.3 Å². The molecule has 98 heavy (non-hydrogen) atoms. The maximum Gasteiger partial charge on any atom is 0.358 e. The number of azo groups is 2. The second kappa shape index (κ2) is 30.9. The number of hydrogen-bond donors (Lipinski definition) is 7. The molecule has 4 aromatic carbocycles. The van der Waals surface area contributed by atoms with Gasteiger partial charge < -0.3 is 45.4 Å². The monoisotopic (exact) mass is 1460 g/mol. The first-order valence-electron chi connectivity index (χ1n) is 30.3. The number of benzene rings is 4. The van der Waals surface area contributed by atoms with E-state index >= 15 is 0 Å². The van der Waals surface area contributed by atoms with E-state index in [1.807, 2.05) is 44.7 Å². The van der Waals surface area contributed by atoms with Crippen molar-refractivity contribution < 1.29 is 67.6 Å². The maximum atomic E-state index is 14.5. The normalized spacial score (nSPS) is 15.1. The van der Waals surface area contributed by atoms with E-state index in [2.05, 4.69) is 61.5 Å². The highest BCUT2D eigenvalue weighted by atomic mass is 32.2. The Balaban J connectivity index is 1.01. The number of hydrogen-bond acceptors (Lipinski definition) is 29. The van der Waals surface area contributed by atoms with Crippen molar-refractivity contribution in [3.05, 3.63) is 106 Å². The molecule has 10 rings (SSSR count). The summed E-state index contributed by atoms with van der Waals surface area (Å²) < 4.78 is 113. The van der Waals surface area contributed by atoms with Crippen LogP contribution < -0.4 is 40.4 Å². The van der Waals surface area contributed by atoms with Gasteiger partial charge in [0.1, 0.15) is 50.5 Å². The zero-order chi connectivity index (χ0) is 70.1. The third-order valence-electron chi connectivity index (χ3n) is 15.4. The van der Waals surface area contributed by atoms with Gasteiger partial charge in [-0.05, 0) is 107 Å². The summed E-state index contributed by atoms with van der Waals surface area (Å²) in [6.45, 7) is 13.5. The van der Waals surface area contributed by atoms with Crippen LogP contribution in [0.3, 0.4) is 0 Å². The molecule has 3 aliphatic rings. The third-order valence-corrected chi connectivity index (χ3v) is 20.8. The highest BCUT2D eigenvalue weighted by Gasteiger charge is 2.51. The Hall–Kier alpha value is -8.93. The van der Waals surface area contributed by atoms with Crippen LogP contribution >= 0.6 is 34.4 Å². The minimum atomic E-state index is -4.77. The number of carbonyl (C=O) groups is 4. The molecular formula is C60H66N17O15S6+. The van der Waals surface area contributed by atoms with Gasteiger partial charge in [-0.25, -0.2) is 9.28 Å². The smallest absolute Gasteiger partial charge is 0.358 e. The molecule has 2 fully saturated rings. The van der Waals surface area contributed by atoms with Crippen LogP contribution in [-0.4, -0.2) is 178 Å². The summed E-state index contributed by atoms with van der Waals surface area (Å²) in [4.78, 5) is 84.9. The third kappa shape index (κ3) is 17.1. The summed E-state index contributed by atoms with van der Waals surface area (Å²) in [6, 6.07) is 21.1. The molecule has 0 bridgehead atoms. The zero-order valence-corrected chi connectivity index (χ0v) is 58.0. The van der Waals surface area contributed by atoms with E-state index in [4.69, 9.17) is 24.4 Å². The number of nitrogens with zero attached hydrogens (tertiary/aromatic N) is 13. The molecule has 3 aliphatic heterocycles. The fourth-order valence-electron chi connectivity index (χ4n) is 10.6. The van der Waals surface area contributed by atoms with E-state index in [1.54, 1.807) is 24.3 Å². The second-order valence-electron chi connectivity index (χ2n) is 21.6. The molecule has 0 unspecified atom stereocenters. The minimum absolute atomic E-state index is 0.0203. The molecule has 3 aromatic heterocycles. The van der Waals surface area contributed by atoms with E-state index < -0.39 is 73.9 Å². The maximum absolute atomic E-state index is 14.5. The van der Waals surface area contributed by atoms with E-state index in [1.165, 1.54) is 55.5 Å². The summed E-state index contributed by atoms with van der Waals surface area (Å²) in [6.07, 6.45) is 2.68. The average molecular weight is 1460 g/mol. The molecule has 7 N–H and O–H groups in total. The molecule has 38 heteroatoms. The van der Waals surface area contributed by atoms with Crippen LogP contribution in [0.1, 0.15) is 44.4 Å². The molecule has 2 saturated heterocycles. The van der Waals surface area contributed by atoms with Crippen molar-refractivity contribution in [2.45, 2.75) is 49.6 Å². The lowest BCUT2D eigenvalue weighted by Crippen LogP contribution is -2.62. The highest BCUT2D eigenvalue weighted by molar-refractivity contribution is 8.00. The van der Waals surface area contributed by atoms with Crippen LogP contribution in [-0.2, 0) is 59.0 Å². The number of ketones is 1. The minimum Gasteiger partial charge on any atom is -0.378 e. The number of Topliss-reactive ketones (excluding diaryl/α,β-unsaturated/α-hetero) is 1. The number of ether oxygens (including phenoxy) is 2. The lowest BCUT2D eigenvalue weighted by atomic mass is 10.0. The fraction of sp³-hybridized carbons (Fsp3) is 0.317. The van der Waals surface area contributed by atoms with E-state index in [0.717, 1.165) is 57.9 Å². The Kier molecular flexibility index (Phi) is 22.6. The van der Waals surface area contributed by atoms with Gasteiger partial charge in [-0.2, -0.15) is 50.2 Å². The quantitative estimate of drug-likeness (QED) is 0.00479.